The highest BCUT2D eigenvalue weighted by atomic mass is 16.6. The lowest BCUT2D eigenvalue weighted by atomic mass is 10.6. The second-order valence-electron chi connectivity index (χ2n) is 1.22. The third-order valence-electron chi connectivity index (χ3n) is 0.594. The van der Waals surface area contributed by atoms with E-state index in [-0.39, 0.29) is 0 Å². The van der Waals surface area contributed by atoms with Gasteiger partial charge in [0.2, 0.25) is 12.1 Å². The van der Waals surface area contributed by atoms with Crippen LogP contribution in [-0.4, -0.2) is 17.9 Å². The summed E-state index contributed by atoms with van der Waals surface area (Å²) in [6, 6.07) is 0. The van der Waals surface area contributed by atoms with Crippen LogP contribution in [0.5, 0.6) is 0 Å². The summed E-state index contributed by atoms with van der Waals surface area (Å²) < 4.78 is 0. The average Bonchev–Trinajstić information content (AvgIpc) is 1.83. The van der Waals surface area contributed by atoms with E-state index >= 15 is 0 Å². The summed E-state index contributed by atoms with van der Waals surface area (Å²) in [6.07, 6.45) is 1.43. The van der Waals surface area contributed by atoms with Gasteiger partial charge in [0.1, 0.15) is 0 Å². The van der Waals surface area contributed by atoms with Gasteiger partial charge >= 0.3 is 0 Å². The molecule has 0 aromatic rings. The van der Waals surface area contributed by atoms with Gasteiger partial charge < -0.3 is 5.32 Å². The van der Waals surface area contributed by atoms with Crippen molar-refractivity contribution < 1.29 is 9.72 Å². The fourth-order valence-electron chi connectivity index (χ4n) is 0.212. The number of likely N-dealkylation sites (N-methyl/N-ethyl adjacent to an activating group) is 1. The summed E-state index contributed by atoms with van der Waals surface area (Å²) in [6.45, 7) is 0. The molecule has 0 aliphatic carbocycles. The largest absolute Gasteiger partial charge is 0.355 e. The van der Waals surface area contributed by atoms with Crippen LogP contribution < -0.4 is 5.32 Å². The zero-order valence-electron chi connectivity index (χ0n) is 4.83. The zero-order chi connectivity index (χ0) is 7.28. The number of nitrogens with one attached hydrogen (secondary N) is 1. The summed E-state index contributed by atoms with van der Waals surface area (Å²) in [5, 5.41) is 11.7. The molecule has 0 bridgehead atoms. The quantitative estimate of drug-likeness (QED) is 0.312. The number of carbonyl (C=O) groups is 1. The molecule has 5 heteroatoms. The van der Waals surface area contributed by atoms with Crippen LogP contribution >= 0.6 is 0 Å². The van der Waals surface area contributed by atoms with Gasteiger partial charge in [-0.25, -0.2) is 0 Å². The molecule has 0 spiro atoms. The molecule has 0 atom stereocenters. The van der Waals surface area contributed by atoms with E-state index < -0.39 is 10.8 Å². The molecule has 0 saturated carbocycles. The average molecular weight is 130 g/mol. The molecule has 0 heterocycles. The topological polar surface area (TPSA) is 72.2 Å². The van der Waals surface area contributed by atoms with Gasteiger partial charge in [-0.1, -0.05) is 0 Å². The van der Waals surface area contributed by atoms with E-state index in [0.29, 0.717) is 6.20 Å². The molecule has 0 unspecified atom stereocenters. The van der Waals surface area contributed by atoms with Crippen molar-refractivity contribution in [1.82, 2.24) is 5.32 Å². The summed E-state index contributed by atoms with van der Waals surface area (Å²) in [7, 11) is 1.40. The Kier molecular flexibility index (Phi) is 3.04. The minimum absolute atomic E-state index is 0.480. The summed E-state index contributed by atoms with van der Waals surface area (Å²) in [5.41, 5.74) is 0. The van der Waals surface area contributed by atoms with Crippen LogP contribution in [-0.2, 0) is 4.79 Å². The molecular weight excluding hydrogens is 124 g/mol. The van der Waals surface area contributed by atoms with Crippen molar-refractivity contribution in [2.75, 3.05) is 7.05 Å². The predicted molar refractivity (Wildman–Crippen MR) is 30.2 cm³/mol. The zero-order valence-corrected chi connectivity index (χ0v) is 4.83. The Morgan fingerprint density at radius 2 is 2.33 bits per heavy atom. The first-order chi connectivity index (χ1) is 4.16. The van der Waals surface area contributed by atoms with Crippen LogP contribution in [0.2, 0.25) is 0 Å². The molecule has 0 aromatic carbocycles. The molecule has 50 valence electrons. The Hall–Kier alpha value is -1.39. The highest BCUT2D eigenvalue weighted by Gasteiger charge is 1.90. The Morgan fingerprint density at radius 1 is 1.78 bits per heavy atom. The van der Waals surface area contributed by atoms with Crippen molar-refractivity contribution in [3.63, 3.8) is 0 Å². The van der Waals surface area contributed by atoms with Gasteiger partial charge in [-0.15, -0.1) is 0 Å². The molecule has 0 fully saturated rings. The molecule has 0 aliphatic rings. The number of nitro groups is 1. The normalized spacial score (nSPS) is 9.44. The van der Waals surface area contributed by atoms with Gasteiger partial charge in [0.05, 0.1) is 11.0 Å². The van der Waals surface area contributed by atoms with Crippen LogP contribution in [0, 0.1) is 10.1 Å². The molecule has 5 nitrogen and oxygen atoms in total. The number of carbonyl (C=O) groups excluding carboxylic acids is 1. The predicted octanol–water partition coefficient (Wildman–Crippen LogP) is -0.477. The van der Waals surface area contributed by atoms with Crippen LogP contribution in [0.15, 0.2) is 12.3 Å². The van der Waals surface area contributed by atoms with Crippen molar-refractivity contribution in [3.05, 3.63) is 22.4 Å². The van der Waals surface area contributed by atoms with Crippen LogP contribution in [0.4, 0.5) is 0 Å². The molecule has 0 rings (SSSR count). The van der Waals surface area contributed by atoms with Crippen molar-refractivity contribution in [3.8, 4) is 0 Å². The first kappa shape index (κ1) is 7.61. The van der Waals surface area contributed by atoms with Crippen LogP contribution in [0.3, 0.4) is 0 Å². The molecular formula is C4H6N2O3. The highest BCUT2D eigenvalue weighted by Crippen LogP contribution is 1.72. The van der Waals surface area contributed by atoms with Crippen LogP contribution in [0.25, 0.3) is 0 Å². The lowest BCUT2D eigenvalue weighted by Gasteiger charge is -1.84. The van der Waals surface area contributed by atoms with E-state index in [9.17, 15) is 14.9 Å². The molecule has 0 aromatic heterocycles. The summed E-state index contributed by atoms with van der Waals surface area (Å²) in [5.74, 6) is -0.480. The Balaban J connectivity index is 3.71. The second kappa shape index (κ2) is 3.59. The maximum absolute atomic E-state index is 10.2. The number of hydrogen-bond acceptors (Lipinski definition) is 3. The van der Waals surface area contributed by atoms with Crippen molar-refractivity contribution in [1.29, 1.82) is 0 Å². The molecule has 1 amide bonds. The fraction of sp³-hybridized carbons (Fsp3) is 0.250. The first-order valence-corrected chi connectivity index (χ1v) is 2.20. The summed E-state index contributed by atoms with van der Waals surface area (Å²) in [4.78, 5) is 19.1. The summed E-state index contributed by atoms with van der Waals surface area (Å²) >= 11 is 0. The van der Waals surface area contributed by atoms with Crippen molar-refractivity contribution >= 4 is 5.91 Å². The third kappa shape index (κ3) is 4.46. The van der Waals surface area contributed by atoms with Gasteiger partial charge in [0.15, 0.2) is 0 Å². The highest BCUT2D eigenvalue weighted by molar-refractivity contribution is 5.86. The maximum Gasteiger partial charge on any atom is 0.249 e. The third-order valence-corrected chi connectivity index (χ3v) is 0.594. The van der Waals surface area contributed by atoms with Gasteiger partial charge in [0, 0.05) is 7.05 Å². The van der Waals surface area contributed by atoms with Crippen molar-refractivity contribution in [2.24, 2.45) is 0 Å². The smallest absolute Gasteiger partial charge is 0.249 e. The van der Waals surface area contributed by atoms with E-state index in [4.69, 9.17) is 0 Å². The van der Waals surface area contributed by atoms with E-state index in [1.54, 1.807) is 0 Å². The van der Waals surface area contributed by atoms with E-state index in [1.165, 1.54) is 7.05 Å². The van der Waals surface area contributed by atoms with E-state index in [0.717, 1.165) is 6.08 Å². The van der Waals surface area contributed by atoms with Gasteiger partial charge in [-0.3, -0.25) is 14.9 Å². The molecule has 0 saturated heterocycles. The SMILES string of the molecule is CNC(=O)C=C[N+](=O)[O-]. The lowest BCUT2D eigenvalue weighted by Crippen LogP contribution is -2.14. The lowest BCUT2D eigenvalue weighted by molar-refractivity contribution is -0.402. The van der Waals surface area contributed by atoms with Gasteiger partial charge in [0.25, 0.3) is 0 Å². The Labute approximate surface area is 51.5 Å². The Bertz CT molecular complexity index is 152. The molecule has 0 radical (unpaired) electrons. The maximum atomic E-state index is 10.2. The minimum Gasteiger partial charge on any atom is -0.355 e. The monoisotopic (exact) mass is 130 g/mol. The van der Waals surface area contributed by atoms with Gasteiger partial charge in [-0.05, 0) is 0 Å². The molecule has 1 N–H and O–H groups in total. The number of amides is 1. The second-order valence-corrected chi connectivity index (χ2v) is 1.22. The number of hydrogen-bond donors (Lipinski definition) is 1. The Morgan fingerprint density at radius 3 is 2.67 bits per heavy atom. The number of nitrogens with zero attached hydrogens (tertiary/aromatic N) is 1. The van der Waals surface area contributed by atoms with Gasteiger partial charge in [-0.2, -0.15) is 0 Å². The number of rotatable bonds is 2. The first-order valence-electron chi connectivity index (χ1n) is 2.20. The fourth-order valence-corrected chi connectivity index (χ4v) is 0.212. The van der Waals surface area contributed by atoms with E-state index in [1.807, 2.05) is 0 Å². The van der Waals surface area contributed by atoms with Crippen molar-refractivity contribution in [2.45, 2.75) is 0 Å². The molecule has 9 heavy (non-hydrogen) atoms. The molecule has 0 aliphatic heterocycles. The van der Waals surface area contributed by atoms with Crippen LogP contribution in [0.1, 0.15) is 0 Å². The standard InChI is InChI=1S/C4H6N2O3/c1-5-4(7)2-3-6(8)9/h2-3H,1H3,(H,5,7). The minimum atomic E-state index is -0.699. The van der Waals surface area contributed by atoms with E-state index in [2.05, 4.69) is 5.32 Å².